The topological polar surface area (TPSA) is 55.4 Å². The molecular weight excluding hydrogens is 392 g/mol. The van der Waals surface area contributed by atoms with E-state index in [9.17, 15) is 0 Å². The first kappa shape index (κ1) is 32.8. The second-order valence-corrected chi connectivity index (χ2v) is 8.88. The predicted octanol–water partition coefficient (Wildman–Crippen LogP) is 4.99. The monoisotopic (exact) mass is 442 g/mol. The van der Waals surface area contributed by atoms with Crippen LogP contribution in [0.3, 0.4) is 0 Å². The van der Waals surface area contributed by atoms with Crippen molar-refractivity contribution in [1.82, 2.24) is 0 Å². The first-order valence-corrected chi connectivity index (χ1v) is 14.1. The summed E-state index contributed by atoms with van der Waals surface area (Å²) in [6.45, 7) is 20.2. The Hall–Kier alpha value is 0.194. The van der Waals surface area contributed by atoms with Gasteiger partial charge in [0.15, 0.2) is 0 Å². The van der Waals surface area contributed by atoms with Crippen LogP contribution in [0.2, 0.25) is 0 Å². The van der Waals surface area contributed by atoms with Gasteiger partial charge in [-0.3, -0.25) is 0 Å². The van der Waals surface area contributed by atoms with Crippen molar-refractivity contribution in [2.75, 3.05) is 39.6 Å². The summed E-state index contributed by atoms with van der Waals surface area (Å²) in [4.78, 5) is 0. The molecule has 0 saturated heterocycles. The molecule has 0 amide bonds. The highest BCUT2D eigenvalue weighted by molar-refractivity contribution is 6.36. The maximum Gasteiger partial charge on any atom is 0.484 e. The van der Waals surface area contributed by atoms with E-state index in [0.29, 0.717) is 39.6 Å². The molecule has 0 aromatic rings. The van der Waals surface area contributed by atoms with Gasteiger partial charge in [-0.25, -0.2) is 0 Å². The van der Waals surface area contributed by atoms with E-state index in [1.165, 1.54) is 38.5 Å². The summed E-state index contributed by atoms with van der Waals surface area (Å²) in [5.74, 6) is 0. The molecule has 0 aromatic carbocycles. The zero-order valence-corrected chi connectivity index (χ0v) is 22.4. The zero-order chi connectivity index (χ0) is 21.9. The summed E-state index contributed by atoms with van der Waals surface area (Å²) in [7, 11) is -3.47. The summed E-state index contributed by atoms with van der Waals surface area (Å²) >= 11 is 0. The Kier molecular flexibility index (Phi) is 37.4. The summed E-state index contributed by atoms with van der Waals surface area (Å²) in [5, 5.41) is 0. The first-order valence-electron chi connectivity index (χ1n) is 11.3. The molecule has 0 radical (unpaired) electrons. The van der Waals surface area contributed by atoms with Crippen molar-refractivity contribution in [3.63, 3.8) is 0 Å². The lowest BCUT2D eigenvalue weighted by Crippen LogP contribution is -2.27. The van der Waals surface area contributed by atoms with E-state index >= 15 is 0 Å². The average molecular weight is 443 g/mol. The highest BCUT2D eigenvalue weighted by Gasteiger charge is 2.11. The molecule has 0 fully saturated rings. The van der Waals surface area contributed by atoms with Gasteiger partial charge in [-0.05, 0) is 41.5 Å². The lowest BCUT2D eigenvalue weighted by atomic mass is 10.1. The van der Waals surface area contributed by atoms with Gasteiger partial charge in [-0.1, -0.05) is 52.4 Å². The molecule has 0 N–H and O–H groups in total. The molecular formula is C20H50O6Si2. The Morgan fingerprint density at radius 3 is 0.714 bits per heavy atom. The second-order valence-electron chi connectivity index (χ2n) is 5.72. The number of unbranched alkanes of at least 4 members (excludes halogenated alkanes) is 5. The number of rotatable bonds is 17. The molecule has 0 unspecified atom stereocenters. The van der Waals surface area contributed by atoms with Gasteiger partial charge in [0.1, 0.15) is 0 Å². The first-order chi connectivity index (χ1) is 13.6. The van der Waals surface area contributed by atoms with Gasteiger partial charge in [0.2, 0.25) is 0 Å². The molecule has 8 heteroatoms. The lowest BCUT2D eigenvalue weighted by molar-refractivity contribution is 0.106. The van der Waals surface area contributed by atoms with Crippen molar-refractivity contribution in [2.24, 2.45) is 0 Å². The summed E-state index contributed by atoms with van der Waals surface area (Å²) < 4.78 is 31.3. The molecule has 6 nitrogen and oxygen atoms in total. The van der Waals surface area contributed by atoms with Crippen molar-refractivity contribution >= 4 is 19.1 Å². The van der Waals surface area contributed by atoms with Gasteiger partial charge in [-0.15, -0.1) is 0 Å². The van der Waals surface area contributed by atoms with Crippen LogP contribution in [0.5, 0.6) is 0 Å². The third kappa shape index (κ3) is 30.9. The van der Waals surface area contributed by atoms with Crippen LogP contribution in [0.1, 0.15) is 93.9 Å². The molecule has 0 bridgehead atoms. The van der Waals surface area contributed by atoms with Gasteiger partial charge in [0, 0.05) is 39.6 Å². The van der Waals surface area contributed by atoms with Gasteiger partial charge < -0.3 is 26.6 Å². The van der Waals surface area contributed by atoms with Crippen molar-refractivity contribution < 1.29 is 26.6 Å². The highest BCUT2D eigenvalue weighted by Crippen LogP contribution is 2.03. The predicted molar refractivity (Wildman–Crippen MR) is 123 cm³/mol. The van der Waals surface area contributed by atoms with E-state index in [1.807, 2.05) is 41.5 Å². The minimum atomic E-state index is -1.73. The van der Waals surface area contributed by atoms with E-state index in [1.54, 1.807) is 0 Å². The van der Waals surface area contributed by atoms with Crippen LogP contribution in [0.4, 0.5) is 0 Å². The summed E-state index contributed by atoms with van der Waals surface area (Å²) in [6.07, 6.45) is 8.49. The molecule has 174 valence electrons. The lowest BCUT2D eigenvalue weighted by Gasteiger charge is -2.12. The van der Waals surface area contributed by atoms with Crippen molar-refractivity contribution in [3.8, 4) is 0 Å². The highest BCUT2D eigenvalue weighted by atomic mass is 28.3. The molecule has 0 spiro atoms. The Labute approximate surface area is 179 Å². The van der Waals surface area contributed by atoms with E-state index in [0.717, 1.165) is 0 Å². The third-order valence-electron chi connectivity index (χ3n) is 3.27. The van der Waals surface area contributed by atoms with Crippen LogP contribution in [0, 0.1) is 0 Å². The fourth-order valence-electron chi connectivity index (χ4n) is 1.96. The van der Waals surface area contributed by atoms with Crippen LogP contribution in [-0.2, 0) is 26.6 Å². The van der Waals surface area contributed by atoms with Crippen LogP contribution < -0.4 is 0 Å². The molecule has 0 aliphatic heterocycles. The minimum Gasteiger partial charge on any atom is -0.376 e. The molecule has 0 atom stereocenters. The van der Waals surface area contributed by atoms with Crippen molar-refractivity contribution in [3.05, 3.63) is 0 Å². The van der Waals surface area contributed by atoms with Crippen LogP contribution in [-0.4, -0.2) is 58.7 Å². The molecule has 0 aromatic heterocycles. The Morgan fingerprint density at radius 1 is 0.357 bits per heavy atom. The van der Waals surface area contributed by atoms with Gasteiger partial charge in [-0.2, -0.15) is 0 Å². The largest absolute Gasteiger partial charge is 0.484 e. The number of hydrogen-bond donors (Lipinski definition) is 0. The van der Waals surface area contributed by atoms with Crippen LogP contribution in [0.15, 0.2) is 0 Å². The normalized spacial score (nSPS) is 10.5. The number of hydrogen-bond acceptors (Lipinski definition) is 6. The fourth-order valence-corrected chi connectivity index (χ4v) is 4.17. The van der Waals surface area contributed by atoms with Crippen molar-refractivity contribution in [2.45, 2.75) is 93.9 Å². The maximum atomic E-state index is 5.22. The Morgan fingerprint density at radius 2 is 0.571 bits per heavy atom. The van der Waals surface area contributed by atoms with E-state index in [2.05, 4.69) is 13.8 Å². The molecule has 0 saturated carbocycles. The standard InChI is InChI=1S/C8H18.2C6H16O3Si/c1-3-5-7-8-6-4-2;2*1-4-7-10(8-5-2)9-6-3/h3-8H2,1-2H3;2*10H,4-6H2,1-3H3. The summed E-state index contributed by atoms with van der Waals surface area (Å²) in [6, 6.07) is 0. The summed E-state index contributed by atoms with van der Waals surface area (Å²) in [5.41, 5.74) is 0. The smallest absolute Gasteiger partial charge is 0.376 e. The fraction of sp³-hybridized carbons (Fsp3) is 1.00. The van der Waals surface area contributed by atoms with Gasteiger partial charge in [0.05, 0.1) is 0 Å². The Balaban J connectivity index is -0.000000337. The van der Waals surface area contributed by atoms with E-state index < -0.39 is 19.1 Å². The molecule has 28 heavy (non-hydrogen) atoms. The molecule has 0 heterocycles. The van der Waals surface area contributed by atoms with Gasteiger partial charge >= 0.3 is 19.1 Å². The quantitative estimate of drug-likeness (QED) is 0.233. The van der Waals surface area contributed by atoms with E-state index in [-0.39, 0.29) is 0 Å². The third-order valence-corrected chi connectivity index (χ3v) is 6.91. The second kappa shape index (κ2) is 31.9. The Bertz CT molecular complexity index is 198. The maximum absolute atomic E-state index is 5.22. The molecule has 0 aliphatic rings. The average Bonchev–Trinajstić information content (AvgIpc) is 2.68. The zero-order valence-electron chi connectivity index (χ0n) is 20.1. The van der Waals surface area contributed by atoms with Crippen LogP contribution in [0.25, 0.3) is 0 Å². The van der Waals surface area contributed by atoms with Crippen molar-refractivity contribution in [1.29, 1.82) is 0 Å². The minimum absolute atomic E-state index is 0.677. The SMILES string of the molecule is CCCCCCCC.CCO[SiH](OCC)OCC.CCO[SiH](OCC)OCC. The molecule has 0 aliphatic carbocycles. The van der Waals surface area contributed by atoms with Crippen LogP contribution >= 0.6 is 0 Å². The molecule has 0 rings (SSSR count). The van der Waals surface area contributed by atoms with E-state index in [4.69, 9.17) is 26.6 Å². The van der Waals surface area contributed by atoms with Gasteiger partial charge in [0.25, 0.3) is 0 Å².